The van der Waals surface area contributed by atoms with Crippen molar-refractivity contribution in [2.75, 3.05) is 0 Å². The summed E-state index contributed by atoms with van der Waals surface area (Å²) in [6, 6.07) is 10.6. The molecule has 0 atom stereocenters. The van der Waals surface area contributed by atoms with Gasteiger partial charge < -0.3 is 15.0 Å². The molecule has 16 heavy (non-hydrogen) atoms. The summed E-state index contributed by atoms with van der Waals surface area (Å²) in [6.07, 6.45) is 0. The van der Waals surface area contributed by atoms with Crippen LogP contribution in [0.4, 0.5) is 0 Å². The lowest BCUT2D eigenvalue weighted by atomic mass is 10.1. The number of hydrogen-bond acceptors (Lipinski definition) is 3. The zero-order valence-electron chi connectivity index (χ0n) is 9.27. The molecule has 0 aliphatic rings. The van der Waals surface area contributed by atoms with Crippen LogP contribution >= 0.6 is 0 Å². The van der Waals surface area contributed by atoms with Gasteiger partial charge in [-0.1, -0.05) is 24.3 Å². The highest BCUT2D eigenvalue weighted by molar-refractivity contribution is 5.85. The van der Waals surface area contributed by atoms with Crippen molar-refractivity contribution >= 4 is 16.6 Å². The number of hydrogen-bond donors (Lipinski definition) is 2. The topological polar surface area (TPSA) is 57.5 Å². The highest BCUT2D eigenvalue weighted by Crippen LogP contribution is 2.29. The second kappa shape index (κ2) is 5.16. The molecule has 2 aromatic rings. The van der Waals surface area contributed by atoms with Gasteiger partial charge in [0.05, 0.1) is 0 Å². The first kappa shape index (κ1) is 12.0. The summed E-state index contributed by atoms with van der Waals surface area (Å²) >= 11 is 0. The molecule has 0 fully saturated rings. The van der Waals surface area contributed by atoms with Crippen LogP contribution in [0, 0.1) is 0 Å². The lowest BCUT2D eigenvalue weighted by Gasteiger charge is -2.00. The van der Waals surface area contributed by atoms with E-state index in [2.05, 4.69) is 0 Å². The number of benzene rings is 2. The number of ketones is 1. The fourth-order valence-corrected chi connectivity index (χ4v) is 1.22. The Morgan fingerprint density at radius 3 is 1.56 bits per heavy atom. The van der Waals surface area contributed by atoms with Gasteiger partial charge in [0.15, 0.2) is 11.5 Å². The van der Waals surface area contributed by atoms with E-state index in [9.17, 15) is 4.79 Å². The van der Waals surface area contributed by atoms with E-state index < -0.39 is 0 Å². The molecule has 0 bridgehead atoms. The van der Waals surface area contributed by atoms with E-state index in [1.165, 1.54) is 13.8 Å². The Balaban J connectivity index is 0.000000280. The molecule has 2 N–H and O–H groups in total. The van der Waals surface area contributed by atoms with Gasteiger partial charge in [-0.05, 0) is 36.8 Å². The van der Waals surface area contributed by atoms with Crippen molar-refractivity contribution in [2.24, 2.45) is 0 Å². The summed E-state index contributed by atoms with van der Waals surface area (Å²) in [5, 5.41) is 20.2. The number of rotatable bonds is 0. The van der Waals surface area contributed by atoms with Crippen molar-refractivity contribution in [1.29, 1.82) is 0 Å². The van der Waals surface area contributed by atoms with E-state index >= 15 is 0 Å². The van der Waals surface area contributed by atoms with Crippen LogP contribution in [0.25, 0.3) is 10.8 Å². The van der Waals surface area contributed by atoms with E-state index in [1.54, 1.807) is 12.1 Å². The maximum Gasteiger partial charge on any atom is 0.158 e. The predicted octanol–water partition coefficient (Wildman–Crippen LogP) is 2.85. The molecule has 0 aliphatic heterocycles. The fraction of sp³-hybridized carbons (Fsp3) is 0.154. The molecule has 3 heteroatoms. The fourth-order valence-electron chi connectivity index (χ4n) is 1.22. The maximum absolute atomic E-state index is 9.44. The Kier molecular flexibility index (Phi) is 3.89. The smallest absolute Gasteiger partial charge is 0.158 e. The summed E-state index contributed by atoms with van der Waals surface area (Å²) in [6.45, 7) is 3.06. The summed E-state index contributed by atoms with van der Waals surface area (Å²) in [4.78, 5) is 9.44. The molecule has 0 saturated heterocycles. The largest absolute Gasteiger partial charge is 0.504 e. The number of Topliss-reactive ketones (excluding diaryl/α,β-unsaturated/α-hetero) is 1. The molecule has 0 spiro atoms. The molecule has 2 aromatic carbocycles. The number of phenolic OH excluding ortho intramolecular Hbond substituents is 2. The molecular formula is C13H14O3. The van der Waals surface area contributed by atoms with Gasteiger partial charge >= 0.3 is 0 Å². The van der Waals surface area contributed by atoms with Gasteiger partial charge in [0, 0.05) is 0 Å². The molecule has 0 unspecified atom stereocenters. The zero-order chi connectivity index (χ0) is 12.1. The minimum atomic E-state index is -0.0753. The van der Waals surface area contributed by atoms with Gasteiger partial charge in [-0.2, -0.15) is 0 Å². The third-order valence-electron chi connectivity index (χ3n) is 1.84. The summed E-state index contributed by atoms with van der Waals surface area (Å²) in [5.41, 5.74) is 0. The monoisotopic (exact) mass is 218 g/mol. The van der Waals surface area contributed by atoms with Crippen LogP contribution in [0.15, 0.2) is 36.4 Å². The standard InChI is InChI=1S/C10H8O2.C3H6O/c11-9-5-7-3-1-2-4-8(7)6-10(9)12;1-3(2)4/h1-6,11-12H;1-2H3. The van der Waals surface area contributed by atoms with Crippen LogP contribution in [-0.2, 0) is 4.79 Å². The molecule has 0 aromatic heterocycles. The molecule has 3 nitrogen and oxygen atoms in total. The van der Waals surface area contributed by atoms with E-state index in [1.807, 2.05) is 24.3 Å². The van der Waals surface area contributed by atoms with Crippen molar-refractivity contribution in [3.8, 4) is 11.5 Å². The average Bonchev–Trinajstić information content (AvgIpc) is 2.19. The van der Waals surface area contributed by atoms with Crippen molar-refractivity contribution in [2.45, 2.75) is 13.8 Å². The third-order valence-corrected chi connectivity index (χ3v) is 1.84. The molecule has 0 radical (unpaired) electrons. The molecule has 0 heterocycles. The summed E-state index contributed by atoms with van der Waals surface area (Å²) in [7, 11) is 0. The van der Waals surface area contributed by atoms with E-state index in [0.717, 1.165) is 10.8 Å². The lowest BCUT2D eigenvalue weighted by Crippen LogP contribution is -1.72. The quantitative estimate of drug-likeness (QED) is 0.668. The first-order chi connectivity index (χ1) is 7.50. The van der Waals surface area contributed by atoms with Gasteiger partial charge in [0.25, 0.3) is 0 Å². The Morgan fingerprint density at radius 1 is 0.938 bits per heavy atom. The second-order valence-corrected chi connectivity index (χ2v) is 3.60. The number of aromatic hydroxyl groups is 2. The Hall–Kier alpha value is -2.03. The highest BCUT2D eigenvalue weighted by Gasteiger charge is 1.99. The highest BCUT2D eigenvalue weighted by atomic mass is 16.3. The third kappa shape index (κ3) is 3.28. The van der Waals surface area contributed by atoms with Crippen LogP contribution < -0.4 is 0 Å². The number of phenols is 2. The molecule has 0 saturated carbocycles. The number of fused-ring (bicyclic) bond motifs is 1. The minimum absolute atomic E-state index is 0.0753. The maximum atomic E-state index is 9.44. The van der Waals surface area contributed by atoms with Gasteiger partial charge in [-0.3, -0.25) is 0 Å². The first-order valence-corrected chi connectivity index (χ1v) is 4.88. The Morgan fingerprint density at radius 2 is 1.25 bits per heavy atom. The average molecular weight is 218 g/mol. The minimum Gasteiger partial charge on any atom is -0.504 e. The number of carbonyl (C=O) groups excluding carboxylic acids is 1. The van der Waals surface area contributed by atoms with Crippen molar-refractivity contribution in [3.63, 3.8) is 0 Å². The van der Waals surface area contributed by atoms with E-state index in [-0.39, 0.29) is 17.3 Å². The van der Waals surface area contributed by atoms with Crippen LogP contribution in [0.3, 0.4) is 0 Å². The van der Waals surface area contributed by atoms with Crippen LogP contribution in [0.5, 0.6) is 11.5 Å². The van der Waals surface area contributed by atoms with E-state index in [4.69, 9.17) is 10.2 Å². The van der Waals surface area contributed by atoms with Gasteiger partial charge in [-0.15, -0.1) is 0 Å². The van der Waals surface area contributed by atoms with Gasteiger partial charge in [0.1, 0.15) is 5.78 Å². The zero-order valence-corrected chi connectivity index (χ0v) is 9.27. The molecule has 84 valence electrons. The van der Waals surface area contributed by atoms with Crippen LogP contribution in [0.1, 0.15) is 13.8 Å². The van der Waals surface area contributed by atoms with Gasteiger partial charge in [-0.25, -0.2) is 0 Å². The van der Waals surface area contributed by atoms with Crippen LogP contribution in [0.2, 0.25) is 0 Å². The van der Waals surface area contributed by atoms with Crippen molar-refractivity contribution < 1.29 is 15.0 Å². The normalized spacial score (nSPS) is 9.38. The molecule has 0 aliphatic carbocycles. The Bertz CT molecular complexity index is 459. The lowest BCUT2D eigenvalue weighted by molar-refractivity contribution is -0.114. The van der Waals surface area contributed by atoms with Crippen LogP contribution in [-0.4, -0.2) is 16.0 Å². The summed E-state index contributed by atoms with van der Waals surface area (Å²) in [5.74, 6) is 0.0161. The van der Waals surface area contributed by atoms with Gasteiger partial charge in [0.2, 0.25) is 0 Å². The van der Waals surface area contributed by atoms with E-state index in [0.29, 0.717) is 0 Å². The number of carbonyl (C=O) groups is 1. The molecule has 0 amide bonds. The predicted molar refractivity (Wildman–Crippen MR) is 63.6 cm³/mol. The second-order valence-electron chi connectivity index (χ2n) is 3.60. The van der Waals surface area contributed by atoms with Crippen molar-refractivity contribution in [3.05, 3.63) is 36.4 Å². The molecule has 2 rings (SSSR count). The molecular weight excluding hydrogens is 204 g/mol. The summed E-state index contributed by atoms with van der Waals surface area (Å²) < 4.78 is 0. The Labute approximate surface area is 94.0 Å². The van der Waals surface area contributed by atoms with Crippen molar-refractivity contribution in [1.82, 2.24) is 0 Å². The SMILES string of the molecule is CC(C)=O.Oc1cc2ccccc2cc1O. The first-order valence-electron chi connectivity index (χ1n) is 4.88.